The lowest BCUT2D eigenvalue weighted by Gasteiger charge is -2.47. The first-order chi connectivity index (χ1) is 19.6. The Kier molecular flexibility index (Phi) is 8.67. The zero-order valence-corrected chi connectivity index (χ0v) is 22.9. The molecule has 1 saturated heterocycles. The Balaban J connectivity index is 1.48. The number of ether oxygens (including phenoxy) is 1. The molecule has 0 amide bonds. The number of piperidine rings is 1. The van der Waals surface area contributed by atoms with E-state index in [-0.39, 0.29) is 11.8 Å². The average Bonchev–Trinajstić information content (AvgIpc) is 3.44. The molecule has 2 heterocycles. The lowest BCUT2D eigenvalue weighted by molar-refractivity contribution is -0.143. The quantitative estimate of drug-likeness (QED) is 0.145. The second-order valence-corrected chi connectivity index (χ2v) is 10.0. The highest BCUT2D eigenvalue weighted by atomic mass is 16.5. The number of aromatic nitrogens is 2. The number of likely N-dealkylation sites (tertiary alicyclic amines) is 1. The minimum absolute atomic E-state index is 0.161. The molecule has 0 unspecified atom stereocenters. The number of aryl methyl sites for hydroxylation is 1. The van der Waals surface area contributed by atoms with Crippen LogP contribution in [0.4, 0.5) is 0 Å². The van der Waals surface area contributed by atoms with Gasteiger partial charge in [-0.05, 0) is 36.1 Å². The zero-order valence-electron chi connectivity index (χ0n) is 22.9. The minimum Gasteiger partial charge on any atom is -0.466 e. The van der Waals surface area contributed by atoms with Gasteiger partial charge in [-0.3, -0.25) is 19.2 Å². The molecule has 0 bridgehead atoms. The molecule has 0 atom stereocenters. The van der Waals surface area contributed by atoms with E-state index in [1.54, 1.807) is 6.20 Å². The normalized spacial score (nSPS) is 15.3. The lowest BCUT2D eigenvalue weighted by Crippen LogP contribution is -2.52. The number of rotatable bonds is 10. The number of hydrogen-bond donors (Lipinski definition) is 0. The molecule has 204 valence electrons. The van der Waals surface area contributed by atoms with Gasteiger partial charge >= 0.3 is 5.97 Å². The first kappa shape index (κ1) is 27.3. The smallest absolute Gasteiger partial charge is 0.305 e. The summed E-state index contributed by atoms with van der Waals surface area (Å²) >= 11 is 0. The van der Waals surface area contributed by atoms with E-state index >= 15 is 0 Å². The third-order valence-electron chi connectivity index (χ3n) is 7.44. The molecule has 1 fully saturated rings. The standard InChI is InChI=1S/C34H35N3O3/c1-2-40-33(39)19-12-21-37-25-27(24-35-37)23-28-26-36(22-20-32(28)38)34(29-13-6-3-7-14-29,30-15-8-4-9-16-30)31-17-10-5-11-18-31/h3-11,13-18,23-25H,2,12,19-22,26H2,1H3/b28-23+. The van der Waals surface area contributed by atoms with Gasteiger partial charge in [0.15, 0.2) is 5.78 Å². The fraction of sp³-hybridized carbons (Fsp3) is 0.265. The Morgan fingerprint density at radius 3 is 2.05 bits per heavy atom. The van der Waals surface area contributed by atoms with Crippen molar-refractivity contribution in [1.29, 1.82) is 0 Å². The van der Waals surface area contributed by atoms with E-state index < -0.39 is 5.54 Å². The van der Waals surface area contributed by atoms with Crippen LogP contribution in [0.15, 0.2) is 109 Å². The van der Waals surface area contributed by atoms with Crippen LogP contribution < -0.4 is 0 Å². The van der Waals surface area contributed by atoms with E-state index in [0.717, 1.165) is 27.8 Å². The summed E-state index contributed by atoms with van der Waals surface area (Å²) in [6, 6.07) is 31.7. The monoisotopic (exact) mass is 533 g/mol. The van der Waals surface area contributed by atoms with Crippen molar-refractivity contribution in [3.05, 3.63) is 131 Å². The molecule has 1 aliphatic rings. The first-order valence-electron chi connectivity index (χ1n) is 13.9. The fourth-order valence-corrected chi connectivity index (χ4v) is 5.66. The molecular weight excluding hydrogens is 498 g/mol. The minimum atomic E-state index is -0.569. The van der Waals surface area contributed by atoms with Crippen LogP contribution in [0.25, 0.3) is 6.08 Å². The summed E-state index contributed by atoms with van der Waals surface area (Å²) in [4.78, 5) is 27.3. The van der Waals surface area contributed by atoms with Gasteiger partial charge < -0.3 is 4.74 Å². The third-order valence-corrected chi connectivity index (χ3v) is 7.44. The van der Waals surface area contributed by atoms with Crippen molar-refractivity contribution < 1.29 is 14.3 Å². The lowest BCUT2D eigenvalue weighted by atomic mass is 9.74. The van der Waals surface area contributed by atoms with Gasteiger partial charge in [-0.1, -0.05) is 91.0 Å². The summed E-state index contributed by atoms with van der Waals surface area (Å²) in [5.41, 5.74) is 4.57. The van der Waals surface area contributed by atoms with Crippen molar-refractivity contribution in [2.24, 2.45) is 0 Å². The van der Waals surface area contributed by atoms with Crippen molar-refractivity contribution in [2.75, 3.05) is 19.7 Å². The Morgan fingerprint density at radius 1 is 0.925 bits per heavy atom. The van der Waals surface area contributed by atoms with Crippen molar-refractivity contribution in [2.45, 2.75) is 38.3 Å². The van der Waals surface area contributed by atoms with E-state index in [0.29, 0.717) is 45.5 Å². The van der Waals surface area contributed by atoms with Crippen LogP contribution in [0.1, 0.15) is 48.4 Å². The Hall–Kier alpha value is -4.29. The van der Waals surface area contributed by atoms with Crippen LogP contribution >= 0.6 is 0 Å². The number of benzene rings is 3. The van der Waals surface area contributed by atoms with Gasteiger partial charge in [-0.2, -0.15) is 5.10 Å². The maximum absolute atomic E-state index is 13.2. The first-order valence-corrected chi connectivity index (χ1v) is 13.9. The summed E-state index contributed by atoms with van der Waals surface area (Å²) in [5.74, 6) is -0.0296. The summed E-state index contributed by atoms with van der Waals surface area (Å²) in [5, 5.41) is 4.46. The predicted molar refractivity (Wildman–Crippen MR) is 156 cm³/mol. The number of Topliss-reactive ketones (excluding diaryl/α,β-unsaturated/α-hetero) is 1. The van der Waals surface area contributed by atoms with Gasteiger partial charge in [0, 0.05) is 49.8 Å². The zero-order chi connectivity index (χ0) is 27.8. The van der Waals surface area contributed by atoms with Crippen LogP contribution in [0, 0.1) is 0 Å². The van der Waals surface area contributed by atoms with Crippen LogP contribution in [0.5, 0.6) is 0 Å². The summed E-state index contributed by atoms with van der Waals surface area (Å²) in [6.07, 6.45) is 7.13. The molecule has 0 aliphatic carbocycles. The van der Waals surface area contributed by atoms with E-state index in [2.05, 4.69) is 82.8 Å². The summed E-state index contributed by atoms with van der Waals surface area (Å²) in [6.45, 7) is 3.96. The second kappa shape index (κ2) is 12.7. The van der Waals surface area contributed by atoms with Gasteiger partial charge in [-0.15, -0.1) is 0 Å². The molecule has 4 aromatic rings. The SMILES string of the molecule is CCOC(=O)CCCn1cc(/C=C2\CN(C(c3ccccc3)(c3ccccc3)c3ccccc3)CCC2=O)cn1. The second-order valence-electron chi connectivity index (χ2n) is 10.0. The highest BCUT2D eigenvalue weighted by Crippen LogP contribution is 2.44. The van der Waals surface area contributed by atoms with Crippen molar-refractivity contribution >= 4 is 17.8 Å². The topological polar surface area (TPSA) is 64.4 Å². The molecule has 6 heteroatoms. The van der Waals surface area contributed by atoms with Gasteiger partial charge in [-0.25, -0.2) is 0 Å². The molecule has 3 aromatic carbocycles. The Bertz CT molecular complexity index is 1350. The molecule has 0 saturated carbocycles. The highest BCUT2D eigenvalue weighted by Gasteiger charge is 2.44. The molecule has 0 spiro atoms. The number of esters is 1. The fourth-order valence-electron chi connectivity index (χ4n) is 5.66. The molecule has 6 nitrogen and oxygen atoms in total. The number of hydrogen-bond acceptors (Lipinski definition) is 5. The average molecular weight is 534 g/mol. The van der Waals surface area contributed by atoms with E-state index in [9.17, 15) is 9.59 Å². The van der Waals surface area contributed by atoms with Gasteiger partial charge in [0.1, 0.15) is 0 Å². The van der Waals surface area contributed by atoms with Gasteiger partial charge in [0.25, 0.3) is 0 Å². The molecule has 40 heavy (non-hydrogen) atoms. The van der Waals surface area contributed by atoms with Crippen molar-refractivity contribution in [1.82, 2.24) is 14.7 Å². The van der Waals surface area contributed by atoms with Crippen LogP contribution in [0.3, 0.4) is 0 Å². The van der Waals surface area contributed by atoms with Gasteiger partial charge in [0.05, 0.1) is 18.3 Å². The molecule has 0 radical (unpaired) electrons. The van der Waals surface area contributed by atoms with Crippen molar-refractivity contribution in [3.8, 4) is 0 Å². The van der Waals surface area contributed by atoms with E-state index in [1.165, 1.54) is 0 Å². The molecule has 1 aliphatic heterocycles. The molecule has 5 rings (SSSR count). The maximum Gasteiger partial charge on any atom is 0.305 e. The van der Waals surface area contributed by atoms with Crippen LogP contribution in [-0.2, 0) is 26.4 Å². The van der Waals surface area contributed by atoms with Crippen LogP contribution in [-0.4, -0.2) is 46.1 Å². The van der Waals surface area contributed by atoms with Crippen molar-refractivity contribution in [3.63, 3.8) is 0 Å². The summed E-state index contributed by atoms with van der Waals surface area (Å²) in [7, 11) is 0. The number of nitrogens with zero attached hydrogens (tertiary/aromatic N) is 3. The third kappa shape index (κ3) is 5.82. The number of carbonyl (C=O) groups is 2. The largest absolute Gasteiger partial charge is 0.466 e. The molecule has 1 aromatic heterocycles. The summed E-state index contributed by atoms with van der Waals surface area (Å²) < 4.78 is 6.83. The molecular formula is C34H35N3O3. The van der Waals surface area contributed by atoms with E-state index in [1.807, 2.05) is 42.1 Å². The Morgan fingerprint density at radius 2 is 1.50 bits per heavy atom. The highest BCUT2D eigenvalue weighted by molar-refractivity contribution is 6.00. The predicted octanol–water partition coefficient (Wildman–Crippen LogP) is 5.88. The maximum atomic E-state index is 13.2. The molecule has 0 N–H and O–H groups in total. The number of ketones is 1. The van der Waals surface area contributed by atoms with E-state index in [4.69, 9.17) is 4.74 Å². The van der Waals surface area contributed by atoms with Gasteiger partial charge in [0.2, 0.25) is 0 Å². The van der Waals surface area contributed by atoms with Crippen LogP contribution in [0.2, 0.25) is 0 Å². The Labute approximate surface area is 235 Å². The number of carbonyl (C=O) groups excluding carboxylic acids is 2.